The van der Waals surface area contributed by atoms with E-state index in [0.717, 1.165) is 30.5 Å². The quantitative estimate of drug-likeness (QED) is 0.867. The Morgan fingerprint density at radius 3 is 2.68 bits per heavy atom. The van der Waals surface area contributed by atoms with Crippen LogP contribution in [0.5, 0.6) is 5.75 Å². The van der Waals surface area contributed by atoms with Gasteiger partial charge in [-0.1, -0.05) is 48.4 Å². The molecule has 0 aromatic heterocycles. The van der Waals surface area contributed by atoms with Crippen LogP contribution in [0.4, 0.5) is 4.39 Å². The van der Waals surface area contributed by atoms with Crippen LogP contribution in [0.1, 0.15) is 36.4 Å². The molecule has 0 saturated carbocycles. The van der Waals surface area contributed by atoms with Gasteiger partial charge in [0.2, 0.25) is 0 Å². The van der Waals surface area contributed by atoms with E-state index in [-0.39, 0.29) is 11.8 Å². The lowest BCUT2D eigenvalue weighted by Crippen LogP contribution is -2.26. The normalized spacial score (nSPS) is 18.2. The molecule has 0 aliphatic carbocycles. The maximum atomic E-state index is 14.3. The Hall–Kier alpha value is -1.58. The molecule has 0 radical (unpaired) electrons. The average Bonchev–Trinajstić information content (AvgIpc) is 2.56. The Morgan fingerprint density at radius 2 is 2.00 bits per heavy atom. The number of piperidine rings is 1. The van der Waals surface area contributed by atoms with E-state index in [4.69, 9.17) is 16.3 Å². The molecule has 0 amide bonds. The summed E-state index contributed by atoms with van der Waals surface area (Å²) in [5.41, 5.74) is 1.88. The maximum Gasteiger partial charge on any atom is 0.174 e. The predicted molar refractivity (Wildman–Crippen MR) is 86.8 cm³/mol. The Balaban J connectivity index is 1.74. The zero-order valence-electron chi connectivity index (χ0n) is 12.3. The van der Waals surface area contributed by atoms with Crippen molar-refractivity contribution in [1.29, 1.82) is 0 Å². The highest BCUT2D eigenvalue weighted by Gasteiger charge is 2.19. The predicted octanol–water partition coefficient (Wildman–Crippen LogP) is 4.87. The van der Waals surface area contributed by atoms with Gasteiger partial charge in [0.1, 0.15) is 6.61 Å². The van der Waals surface area contributed by atoms with Crippen molar-refractivity contribution in [2.45, 2.75) is 31.9 Å². The third-order valence-corrected chi connectivity index (χ3v) is 4.24. The van der Waals surface area contributed by atoms with Gasteiger partial charge in [-0.15, -0.1) is 0 Å². The van der Waals surface area contributed by atoms with Gasteiger partial charge >= 0.3 is 0 Å². The highest BCUT2D eigenvalue weighted by atomic mass is 35.5. The molecule has 1 aliphatic rings. The van der Waals surface area contributed by atoms with Gasteiger partial charge in [-0.2, -0.15) is 0 Å². The summed E-state index contributed by atoms with van der Waals surface area (Å²) >= 11 is 6.23. The fourth-order valence-electron chi connectivity index (χ4n) is 2.78. The first-order valence-electron chi connectivity index (χ1n) is 7.63. The van der Waals surface area contributed by atoms with Crippen molar-refractivity contribution in [1.82, 2.24) is 5.32 Å². The second kappa shape index (κ2) is 7.12. The Labute approximate surface area is 135 Å². The minimum atomic E-state index is -0.397. The van der Waals surface area contributed by atoms with Gasteiger partial charge in [0.15, 0.2) is 11.6 Å². The lowest BCUT2D eigenvalue weighted by atomic mass is 9.97. The van der Waals surface area contributed by atoms with Crippen LogP contribution in [0, 0.1) is 5.82 Å². The molecule has 2 aromatic rings. The summed E-state index contributed by atoms with van der Waals surface area (Å²) < 4.78 is 19.9. The Bertz CT molecular complexity index is 603. The highest BCUT2D eigenvalue weighted by Crippen LogP contribution is 2.34. The van der Waals surface area contributed by atoms with Crippen molar-refractivity contribution in [3.05, 3.63) is 64.4 Å². The van der Waals surface area contributed by atoms with Crippen molar-refractivity contribution in [2.75, 3.05) is 6.54 Å². The maximum absolute atomic E-state index is 14.3. The zero-order chi connectivity index (χ0) is 15.4. The first kappa shape index (κ1) is 15.3. The molecule has 1 fully saturated rings. The van der Waals surface area contributed by atoms with Gasteiger partial charge in [0, 0.05) is 6.04 Å². The summed E-state index contributed by atoms with van der Waals surface area (Å²) in [5.74, 6) is -0.268. The SMILES string of the molecule is Fc1cc(C2CCCCN2)cc(Cl)c1OCc1ccccc1. The first-order chi connectivity index (χ1) is 10.7. The topological polar surface area (TPSA) is 21.3 Å². The van der Waals surface area contributed by atoms with Gasteiger partial charge in [0.05, 0.1) is 5.02 Å². The van der Waals surface area contributed by atoms with E-state index in [0.29, 0.717) is 11.6 Å². The molecule has 1 atom stereocenters. The summed E-state index contributed by atoms with van der Waals surface area (Å²) in [5, 5.41) is 3.73. The molecule has 1 aliphatic heterocycles. The zero-order valence-corrected chi connectivity index (χ0v) is 13.1. The summed E-state index contributed by atoms with van der Waals surface area (Å²) in [7, 11) is 0. The largest absolute Gasteiger partial charge is 0.484 e. The van der Waals surface area contributed by atoms with Crippen LogP contribution in [0.2, 0.25) is 5.02 Å². The van der Waals surface area contributed by atoms with Crippen LogP contribution >= 0.6 is 11.6 Å². The third kappa shape index (κ3) is 3.60. The van der Waals surface area contributed by atoms with Crippen molar-refractivity contribution < 1.29 is 9.13 Å². The smallest absolute Gasteiger partial charge is 0.174 e. The van der Waals surface area contributed by atoms with Crippen LogP contribution in [0.3, 0.4) is 0 Å². The second-order valence-corrected chi connectivity index (χ2v) is 6.00. The first-order valence-corrected chi connectivity index (χ1v) is 8.01. The van der Waals surface area contributed by atoms with Gasteiger partial charge < -0.3 is 10.1 Å². The molecule has 1 heterocycles. The molecule has 1 N–H and O–H groups in total. The molecule has 0 spiro atoms. The second-order valence-electron chi connectivity index (χ2n) is 5.59. The number of hydrogen-bond donors (Lipinski definition) is 1. The van der Waals surface area contributed by atoms with Crippen molar-refractivity contribution in [2.24, 2.45) is 0 Å². The van der Waals surface area contributed by atoms with E-state index < -0.39 is 5.82 Å². The van der Waals surface area contributed by atoms with Crippen molar-refractivity contribution in [3.63, 3.8) is 0 Å². The molecular weight excluding hydrogens is 301 g/mol. The van der Waals surface area contributed by atoms with E-state index in [1.165, 1.54) is 12.5 Å². The van der Waals surface area contributed by atoms with Crippen LogP contribution in [-0.4, -0.2) is 6.54 Å². The number of benzene rings is 2. The van der Waals surface area contributed by atoms with Gasteiger partial charge in [-0.3, -0.25) is 0 Å². The fourth-order valence-corrected chi connectivity index (χ4v) is 3.06. The van der Waals surface area contributed by atoms with Crippen LogP contribution in [0.25, 0.3) is 0 Å². The van der Waals surface area contributed by atoms with Crippen LogP contribution < -0.4 is 10.1 Å². The van der Waals surface area contributed by atoms with Crippen LogP contribution in [0.15, 0.2) is 42.5 Å². The molecule has 116 valence electrons. The summed E-state index contributed by atoms with van der Waals surface area (Å²) in [6.45, 7) is 1.27. The summed E-state index contributed by atoms with van der Waals surface area (Å²) in [6.07, 6.45) is 3.34. The molecule has 22 heavy (non-hydrogen) atoms. The summed E-state index contributed by atoms with van der Waals surface area (Å²) in [4.78, 5) is 0. The lowest BCUT2D eigenvalue weighted by Gasteiger charge is -2.24. The van der Waals surface area contributed by atoms with Crippen molar-refractivity contribution in [3.8, 4) is 5.75 Å². The van der Waals surface area contributed by atoms with Crippen molar-refractivity contribution >= 4 is 11.6 Å². The third-order valence-electron chi connectivity index (χ3n) is 3.96. The molecule has 2 aromatic carbocycles. The molecular formula is C18H19ClFNO. The minimum Gasteiger partial charge on any atom is -0.484 e. The number of nitrogens with one attached hydrogen (secondary N) is 1. The standard InChI is InChI=1S/C18H19ClFNO/c19-15-10-14(17-8-4-5-9-21-17)11-16(20)18(15)22-12-13-6-2-1-3-7-13/h1-3,6-7,10-11,17,21H,4-5,8-9,12H2. The van der Waals surface area contributed by atoms with Crippen LogP contribution in [-0.2, 0) is 6.61 Å². The summed E-state index contributed by atoms with van der Waals surface area (Å²) in [6, 6.07) is 13.2. The van der Waals surface area contributed by atoms with E-state index in [1.54, 1.807) is 0 Å². The molecule has 3 rings (SSSR count). The van der Waals surface area contributed by atoms with Gasteiger partial charge in [0.25, 0.3) is 0 Å². The van der Waals surface area contributed by atoms with E-state index in [1.807, 2.05) is 36.4 Å². The average molecular weight is 320 g/mol. The molecule has 2 nitrogen and oxygen atoms in total. The fraction of sp³-hybridized carbons (Fsp3) is 0.333. The van der Waals surface area contributed by atoms with E-state index in [2.05, 4.69) is 5.32 Å². The highest BCUT2D eigenvalue weighted by molar-refractivity contribution is 6.32. The number of ether oxygens (including phenoxy) is 1. The van der Waals surface area contributed by atoms with Gasteiger partial charge in [-0.25, -0.2) is 4.39 Å². The monoisotopic (exact) mass is 319 g/mol. The number of hydrogen-bond acceptors (Lipinski definition) is 2. The lowest BCUT2D eigenvalue weighted by molar-refractivity contribution is 0.290. The Kier molecular flexibility index (Phi) is 4.96. The minimum absolute atomic E-state index is 0.130. The number of rotatable bonds is 4. The number of halogens is 2. The molecule has 0 bridgehead atoms. The van der Waals surface area contributed by atoms with Gasteiger partial charge in [-0.05, 0) is 42.6 Å². The molecule has 1 saturated heterocycles. The Morgan fingerprint density at radius 1 is 1.18 bits per heavy atom. The van der Waals surface area contributed by atoms with E-state index in [9.17, 15) is 4.39 Å². The molecule has 4 heteroatoms. The molecule has 1 unspecified atom stereocenters. The van der Waals surface area contributed by atoms with E-state index >= 15 is 0 Å².